The van der Waals surface area contributed by atoms with Gasteiger partial charge in [-0.1, -0.05) is 6.92 Å². The van der Waals surface area contributed by atoms with E-state index in [4.69, 9.17) is 4.74 Å². The molecule has 1 rings (SSSR count). The lowest BCUT2D eigenvalue weighted by molar-refractivity contribution is -0.0637. The molecule has 0 aromatic heterocycles. The Morgan fingerprint density at radius 3 is 2.59 bits per heavy atom. The van der Waals surface area contributed by atoms with Gasteiger partial charge in [-0.05, 0) is 39.8 Å². The minimum absolute atomic E-state index is 0.00575. The van der Waals surface area contributed by atoms with E-state index in [-0.39, 0.29) is 23.9 Å². The second-order valence-corrected chi connectivity index (χ2v) is 5.86. The van der Waals surface area contributed by atoms with Gasteiger partial charge in [-0.3, -0.25) is 0 Å². The van der Waals surface area contributed by atoms with Gasteiger partial charge in [0.1, 0.15) is 0 Å². The maximum Gasteiger partial charge on any atom is 0.238 e. The molecule has 1 aliphatic rings. The van der Waals surface area contributed by atoms with Gasteiger partial charge in [0.05, 0.1) is 12.7 Å². The van der Waals surface area contributed by atoms with Gasteiger partial charge in [0.25, 0.3) is 0 Å². The molecular weight excluding hydrogens is 224 g/mol. The monoisotopic (exact) mass is 249 g/mol. The Morgan fingerprint density at radius 1 is 1.41 bits per heavy atom. The van der Waals surface area contributed by atoms with Crippen molar-refractivity contribution in [3.8, 4) is 0 Å². The highest BCUT2D eigenvalue weighted by molar-refractivity contribution is 4.90. The fourth-order valence-corrected chi connectivity index (χ4v) is 2.69. The van der Waals surface area contributed by atoms with Crippen LogP contribution in [0.2, 0.25) is 0 Å². The number of nitrogens with zero attached hydrogens (tertiary/aromatic N) is 1. The number of rotatable bonds is 5. The topological polar surface area (TPSA) is 12.5 Å². The van der Waals surface area contributed by atoms with Crippen molar-refractivity contribution in [3.05, 3.63) is 0 Å². The first-order valence-corrected chi connectivity index (χ1v) is 6.42. The van der Waals surface area contributed by atoms with Crippen LogP contribution in [0, 0.1) is 11.3 Å². The Balaban J connectivity index is 2.64. The Morgan fingerprint density at radius 2 is 2.06 bits per heavy atom. The van der Waals surface area contributed by atoms with Crippen molar-refractivity contribution in [2.24, 2.45) is 11.3 Å². The Hall–Kier alpha value is -0.220. The molecule has 0 aromatic rings. The summed E-state index contributed by atoms with van der Waals surface area (Å²) in [6.45, 7) is 8.38. The van der Waals surface area contributed by atoms with Crippen molar-refractivity contribution in [3.63, 3.8) is 0 Å². The van der Waals surface area contributed by atoms with Gasteiger partial charge >= 0.3 is 0 Å². The predicted molar refractivity (Wildman–Crippen MR) is 65.4 cm³/mol. The first-order valence-electron chi connectivity index (χ1n) is 6.42. The zero-order valence-electron chi connectivity index (χ0n) is 11.4. The summed E-state index contributed by atoms with van der Waals surface area (Å²) in [7, 11) is 2.05. The van der Waals surface area contributed by atoms with Crippen LogP contribution in [0.25, 0.3) is 0 Å². The van der Waals surface area contributed by atoms with Gasteiger partial charge in [0.15, 0.2) is 0 Å². The maximum absolute atomic E-state index is 12.6. The quantitative estimate of drug-likeness (QED) is 0.742. The van der Waals surface area contributed by atoms with Crippen LogP contribution < -0.4 is 0 Å². The van der Waals surface area contributed by atoms with E-state index in [1.165, 1.54) is 0 Å². The zero-order chi connectivity index (χ0) is 13.1. The van der Waals surface area contributed by atoms with Gasteiger partial charge in [0, 0.05) is 18.4 Å². The molecule has 2 atom stereocenters. The van der Waals surface area contributed by atoms with Crippen molar-refractivity contribution in [1.82, 2.24) is 4.90 Å². The third-order valence-electron chi connectivity index (χ3n) is 3.69. The molecule has 1 saturated heterocycles. The van der Waals surface area contributed by atoms with E-state index in [0.717, 1.165) is 19.5 Å². The highest BCUT2D eigenvalue weighted by atomic mass is 19.3. The maximum atomic E-state index is 12.6. The second-order valence-electron chi connectivity index (χ2n) is 5.86. The predicted octanol–water partition coefficient (Wildman–Crippen LogP) is 3.02. The summed E-state index contributed by atoms with van der Waals surface area (Å²) >= 11 is 0. The normalized spacial score (nSPS) is 31.4. The van der Waals surface area contributed by atoms with E-state index in [1.807, 2.05) is 20.9 Å². The van der Waals surface area contributed by atoms with Crippen LogP contribution >= 0.6 is 0 Å². The van der Waals surface area contributed by atoms with E-state index in [0.29, 0.717) is 6.61 Å². The van der Waals surface area contributed by atoms with E-state index in [2.05, 4.69) is 11.8 Å². The lowest BCUT2D eigenvalue weighted by Crippen LogP contribution is -2.49. The molecule has 0 spiro atoms. The SMILES string of the molecule is CC(C)OC[C@@]1(C)CN(C)CC[C@H]1CC(F)F. The van der Waals surface area contributed by atoms with E-state index < -0.39 is 6.43 Å². The molecule has 4 heteroatoms. The Kier molecular flexibility index (Phi) is 5.32. The summed E-state index contributed by atoms with van der Waals surface area (Å²) in [5.41, 5.74) is -0.145. The van der Waals surface area contributed by atoms with Crippen molar-refractivity contribution in [1.29, 1.82) is 0 Å². The standard InChI is InChI=1S/C13H25F2NO/c1-10(2)17-9-13(3)8-16(4)6-5-11(13)7-12(14)15/h10-12H,5-9H2,1-4H3/t11-,13+/m0/s1. The van der Waals surface area contributed by atoms with Crippen molar-refractivity contribution in [2.45, 2.75) is 46.1 Å². The average Bonchev–Trinajstić information content (AvgIpc) is 2.19. The molecule has 1 heterocycles. The summed E-state index contributed by atoms with van der Waals surface area (Å²) in [6, 6.07) is 0. The summed E-state index contributed by atoms with van der Waals surface area (Å²) < 4.78 is 30.9. The molecule has 0 aromatic carbocycles. The number of alkyl halides is 2. The molecular formula is C13H25F2NO. The van der Waals surface area contributed by atoms with Gasteiger partial charge < -0.3 is 9.64 Å². The molecule has 0 N–H and O–H groups in total. The van der Waals surface area contributed by atoms with Crippen LogP contribution in [0.1, 0.15) is 33.6 Å². The number of hydrogen-bond acceptors (Lipinski definition) is 2. The minimum atomic E-state index is -2.21. The number of piperidine rings is 1. The molecule has 0 unspecified atom stereocenters. The molecule has 0 radical (unpaired) electrons. The fraction of sp³-hybridized carbons (Fsp3) is 1.00. The second kappa shape index (κ2) is 6.10. The summed E-state index contributed by atoms with van der Waals surface area (Å²) in [5.74, 6) is 0.0671. The molecule has 102 valence electrons. The van der Waals surface area contributed by atoms with Gasteiger partial charge in [-0.2, -0.15) is 0 Å². The molecule has 1 fully saturated rings. The summed E-state index contributed by atoms with van der Waals surface area (Å²) in [6.07, 6.45) is -1.20. The minimum Gasteiger partial charge on any atom is -0.378 e. The molecule has 0 aliphatic carbocycles. The average molecular weight is 249 g/mol. The molecule has 2 nitrogen and oxygen atoms in total. The van der Waals surface area contributed by atoms with Gasteiger partial charge in [-0.25, -0.2) is 8.78 Å². The van der Waals surface area contributed by atoms with Gasteiger partial charge in [0.2, 0.25) is 6.43 Å². The first kappa shape index (κ1) is 14.8. The third kappa shape index (κ3) is 4.51. The molecule has 0 bridgehead atoms. The van der Waals surface area contributed by atoms with Gasteiger partial charge in [-0.15, -0.1) is 0 Å². The van der Waals surface area contributed by atoms with Crippen molar-refractivity contribution < 1.29 is 13.5 Å². The van der Waals surface area contributed by atoms with Crippen LogP contribution in [0.15, 0.2) is 0 Å². The molecule has 0 amide bonds. The highest BCUT2D eigenvalue weighted by Gasteiger charge is 2.40. The first-order chi connectivity index (χ1) is 7.83. The Bertz CT molecular complexity index is 235. The fourth-order valence-electron chi connectivity index (χ4n) is 2.69. The van der Waals surface area contributed by atoms with E-state index in [1.54, 1.807) is 0 Å². The summed E-state index contributed by atoms with van der Waals surface area (Å²) in [4.78, 5) is 2.21. The highest BCUT2D eigenvalue weighted by Crippen LogP contribution is 2.39. The smallest absolute Gasteiger partial charge is 0.238 e. The van der Waals surface area contributed by atoms with Crippen LogP contribution in [0.4, 0.5) is 8.78 Å². The van der Waals surface area contributed by atoms with Crippen molar-refractivity contribution >= 4 is 0 Å². The number of hydrogen-bond donors (Lipinski definition) is 0. The molecule has 0 saturated carbocycles. The number of halogens is 2. The number of ether oxygens (including phenoxy) is 1. The van der Waals surface area contributed by atoms with Crippen molar-refractivity contribution in [2.75, 3.05) is 26.7 Å². The third-order valence-corrected chi connectivity index (χ3v) is 3.69. The zero-order valence-corrected chi connectivity index (χ0v) is 11.4. The lowest BCUT2D eigenvalue weighted by atomic mass is 9.71. The summed E-state index contributed by atoms with van der Waals surface area (Å²) in [5, 5.41) is 0. The van der Waals surface area contributed by atoms with Crippen LogP contribution in [-0.2, 0) is 4.74 Å². The van der Waals surface area contributed by atoms with Crippen LogP contribution in [-0.4, -0.2) is 44.2 Å². The van der Waals surface area contributed by atoms with Crippen LogP contribution in [0.3, 0.4) is 0 Å². The van der Waals surface area contributed by atoms with E-state index in [9.17, 15) is 8.78 Å². The molecule has 17 heavy (non-hydrogen) atoms. The number of likely N-dealkylation sites (tertiary alicyclic amines) is 1. The lowest BCUT2D eigenvalue weighted by Gasteiger charge is -2.45. The Labute approximate surface area is 103 Å². The largest absolute Gasteiger partial charge is 0.378 e. The van der Waals surface area contributed by atoms with Crippen LogP contribution in [0.5, 0.6) is 0 Å². The van der Waals surface area contributed by atoms with E-state index >= 15 is 0 Å². The molecule has 1 aliphatic heterocycles.